The lowest BCUT2D eigenvalue weighted by Gasteiger charge is -1.99. The summed E-state index contributed by atoms with van der Waals surface area (Å²) in [6.07, 6.45) is 0.633. The van der Waals surface area contributed by atoms with Gasteiger partial charge in [0.15, 0.2) is 0 Å². The van der Waals surface area contributed by atoms with Crippen molar-refractivity contribution in [2.45, 2.75) is 11.3 Å². The Morgan fingerprint density at radius 1 is 1.29 bits per heavy atom. The van der Waals surface area contributed by atoms with Gasteiger partial charge in [-0.3, -0.25) is 0 Å². The van der Waals surface area contributed by atoms with Crippen molar-refractivity contribution >= 4 is 10.0 Å². The number of nitrogens with zero attached hydrogens (tertiary/aromatic N) is 1. The fraction of sp³-hybridized carbons (Fsp3) is 0.222. The molecule has 0 heterocycles. The molecule has 0 aliphatic heterocycles. The molecule has 0 bridgehead atoms. The van der Waals surface area contributed by atoms with Crippen LogP contribution >= 0.6 is 0 Å². The largest absolute Gasteiger partial charge is 0.317 e. The van der Waals surface area contributed by atoms with Gasteiger partial charge < -0.3 is 4.85 Å². The average molecular weight is 210 g/mol. The van der Waals surface area contributed by atoms with E-state index in [1.807, 2.05) is 0 Å². The van der Waals surface area contributed by atoms with Crippen molar-refractivity contribution in [1.29, 1.82) is 0 Å². The van der Waals surface area contributed by atoms with E-state index in [0.717, 1.165) is 5.56 Å². The minimum atomic E-state index is -3.60. The highest BCUT2D eigenvalue weighted by atomic mass is 32.2. The Morgan fingerprint density at radius 2 is 1.86 bits per heavy atom. The summed E-state index contributed by atoms with van der Waals surface area (Å²) in [6, 6.07) is 6.25. The first kappa shape index (κ1) is 10.7. The van der Waals surface area contributed by atoms with Crippen molar-refractivity contribution in [2.24, 2.45) is 5.14 Å². The van der Waals surface area contributed by atoms with Crippen LogP contribution in [0.3, 0.4) is 0 Å². The molecule has 1 aromatic rings. The van der Waals surface area contributed by atoms with E-state index in [-0.39, 0.29) is 4.90 Å². The maximum Gasteiger partial charge on any atom is 0.238 e. The van der Waals surface area contributed by atoms with E-state index in [0.29, 0.717) is 13.0 Å². The number of benzene rings is 1. The van der Waals surface area contributed by atoms with E-state index in [9.17, 15) is 8.42 Å². The molecule has 0 atom stereocenters. The summed E-state index contributed by atoms with van der Waals surface area (Å²) in [5.41, 5.74) is 0.938. The van der Waals surface area contributed by atoms with Gasteiger partial charge >= 0.3 is 0 Å². The van der Waals surface area contributed by atoms with E-state index in [4.69, 9.17) is 11.7 Å². The molecule has 0 aromatic heterocycles. The summed E-state index contributed by atoms with van der Waals surface area (Å²) in [5, 5.41) is 4.93. The maximum atomic E-state index is 10.9. The van der Waals surface area contributed by atoms with Crippen molar-refractivity contribution in [3.63, 3.8) is 0 Å². The Hall–Kier alpha value is -1.38. The Balaban J connectivity index is 2.86. The fourth-order valence-corrected chi connectivity index (χ4v) is 1.55. The molecular formula is C9H10N2O2S. The molecule has 0 radical (unpaired) electrons. The monoisotopic (exact) mass is 210 g/mol. The Labute approximate surface area is 83.2 Å². The molecular weight excluding hydrogens is 200 g/mol. The number of primary sulfonamides is 1. The minimum Gasteiger partial charge on any atom is -0.317 e. The van der Waals surface area contributed by atoms with Crippen LogP contribution in [-0.2, 0) is 16.4 Å². The number of hydrogen-bond donors (Lipinski definition) is 1. The summed E-state index contributed by atoms with van der Waals surface area (Å²) in [4.78, 5) is 3.31. The molecule has 74 valence electrons. The summed E-state index contributed by atoms with van der Waals surface area (Å²) in [7, 11) is -3.60. The van der Waals surface area contributed by atoms with Crippen LogP contribution in [0.5, 0.6) is 0 Å². The van der Waals surface area contributed by atoms with Crippen molar-refractivity contribution < 1.29 is 8.42 Å². The third-order valence-electron chi connectivity index (χ3n) is 1.76. The van der Waals surface area contributed by atoms with Gasteiger partial charge in [-0.2, -0.15) is 0 Å². The van der Waals surface area contributed by atoms with Crippen LogP contribution in [0.25, 0.3) is 4.85 Å². The normalized spacial score (nSPS) is 10.9. The first-order valence-electron chi connectivity index (χ1n) is 3.99. The quantitative estimate of drug-likeness (QED) is 0.750. The first-order valence-corrected chi connectivity index (χ1v) is 5.53. The predicted molar refractivity (Wildman–Crippen MR) is 53.0 cm³/mol. The highest BCUT2D eigenvalue weighted by Gasteiger charge is 2.06. The summed E-state index contributed by atoms with van der Waals surface area (Å²) in [6.45, 7) is 7.01. The Kier molecular flexibility index (Phi) is 3.23. The maximum absolute atomic E-state index is 10.9. The molecule has 0 aliphatic rings. The molecule has 14 heavy (non-hydrogen) atoms. The fourth-order valence-electron chi connectivity index (χ4n) is 1.03. The lowest BCUT2D eigenvalue weighted by atomic mass is 10.2. The second-order valence-electron chi connectivity index (χ2n) is 2.82. The molecule has 0 amide bonds. The second kappa shape index (κ2) is 4.22. The molecule has 0 unspecified atom stereocenters. The van der Waals surface area contributed by atoms with Gasteiger partial charge in [-0.15, -0.1) is 0 Å². The molecule has 4 nitrogen and oxygen atoms in total. The highest BCUT2D eigenvalue weighted by molar-refractivity contribution is 7.89. The topological polar surface area (TPSA) is 64.5 Å². The van der Waals surface area contributed by atoms with Gasteiger partial charge in [0.25, 0.3) is 0 Å². The highest BCUT2D eigenvalue weighted by Crippen LogP contribution is 2.09. The third-order valence-corrected chi connectivity index (χ3v) is 2.69. The van der Waals surface area contributed by atoms with Gasteiger partial charge in [0.1, 0.15) is 0 Å². The van der Waals surface area contributed by atoms with Gasteiger partial charge in [0.2, 0.25) is 16.6 Å². The van der Waals surface area contributed by atoms with E-state index in [1.165, 1.54) is 12.1 Å². The Bertz CT molecular complexity index is 443. The Morgan fingerprint density at radius 3 is 2.29 bits per heavy atom. The van der Waals surface area contributed by atoms with Crippen LogP contribution in [0, 0.1) is 6.57 Å². The molecule has 0 saturated heterocycles. The zero-order valence-electron chi connectivity index (χ0n) is 7.47. The van der Waals surface area contributed by atoms with Crippen LogP contribution in [0.4, 0.5) is 0 Å². The molecule has 0 fully saturated rings. The zero-order valence-corrected chi connectivity index (χ0v) is 8.29. The zero-order chi connectivity index (χ0) is 10.6. The average Bonchev–Trinajstić information content (AvgIpc) is 2.14. The summed E-state index contributed by atoms with van der Waals surface area (Å²) < 4.78 is 21.8. The van der Waals surface area contributed by atoms with E-state index < -0.39 is 10.0 Å². The third kappa shape index (κ3) is 2.83. The van der Waals surface area contributed by atoms with Crippen LogP contribution in [0.2, 0.25) is 0 Å². The van der Waals surface area contributed by atoms with Crippen LogP contribution in [-0.4, -0.2) is 15.0 Å². The van der Waals surface area contributed by atoms with Crippen molar-refractivity contribution in [3.05, 3.63) is 41.2 Å². The smallest absolute Gasteiger partial charge is 0.238 e. The number of sulfonamides is 1. The van der Waals surface area contributed by atoms with E-state index >= 15 is 0 Å². The molecule has 1 aromatic carbocycles. The van der Waals surface area contributed by atoms with Gasteiger partial charge in [0, 0.05) is 6.42 Å². The molecule has 5 heteroatoms. The van der Waals surface area contributed by atoms with Gasteiger partial charge in [-0.05, 0) is 17.7 Å². The van der Waals surface area contributed by atoms with E-state index in [2.05, 4.69) is 4.85 Å². The van der Waals surface area contributed by atoms with Crippen LogP contribution in [0.15, 0.2) is 29.2 Å². The lowest BCUT2D eigenvalue weighted by Crippen LogP contribution is -2.11. The van der Waals surface area contributed by atoms with Crippen molar-refractivity contribution in [1.82, 2.24) is 0 Å². The van der Waals surface area contributed by atoms with Crippen LogP contribution in [0.1, 0.15) is 5.56 Å². The standard InChI is InChI=1S/C9H10N2O2S/c1-11-7-6-8-2-4-9(5-3-8)14(10,12)13/h2-5H,6-7H2,(H2,10,12,13). The minimum absolute atomic E-state index is 0.101. The number of rotatable bonds is 3. The number of nitrogens with two attached hydrogens (primary N) is 1. The number of hydrogen-bond acceptors (Lipinski definition) is 2. The molecule has 0 spiro atoms. The molecule has 2 N–H and O–H groups in total. The molecule has 0 aliphatic carbocycles. The second-order valence-corrected chi connectivity index (χ2v) is 4.38. The predicted octanol–water partition coefficient (Wildman–Crippen LogP) is 0.796. The van der Waals surface area contributed by atoms with Gasteiger partial charge in [0.05, 0.1) is 4.90 Å². The van der Waals surface area contributed by atoms with Gasteiger partial charge in [-0.25, -0.2) is 20.1 Å². The SMILES string of the molecule is [C-]#[N+]CCc1ccc(S(N)(=O)=O)cc1. The van der Waals surface area contributed by atoms with Gasteiger partial charge in [-0.1, -0.05) is 12.1 Å². The van der Waals surface area contributed by atoms with Crippen molar-refractivity contribution in [2.75, 3.05) is 6.54 Å². The molecule has 1 rings (SSSR count). The summed E-state index contributed by atoms with van der Waals surface area (Å²) in [5.74, 6) is 0. The van der Waals surface area contributed by atoms with Crippen LogP contribution < -0.4 is 5.14 Å². The van der Waals surface area contributed by atoms with E-state index in [1.54, 1.807) is 12.1 Å². The lowest BCUT2D eigenvalue weighted by molar-refractivity contribution is 0.598. The first-order chi connectivity index (χ1) is 6.54. The molecule has 0 saturated carbocycles. The summed E-state index contributed by atoms with van der Waals surface area (Å²) >= 11 is 0. The van der Waals surface area contributed by atoms with Crippen molar-refractivity contribution in [3.8, 4) is 0 Å².